The first-order chi connectivity index (χ1) is 13.7. The molecule has 0 amide bonds. The summed E-state index contributed by atoms with van der Waals surface area (Å²) in [6.45, 7) is 3.63. The van der Waals surface area contributed by atoms with Crippen LogP contribution in [0.25, 0.3) is 0 Å². The summed E-state index contributed by atoms with van der Waals surface area (Å²) >= 11 is 0. The Kier molecular flexibility index (Phi) is 5.46. The van der Waals surface area contributed by atoms with Gasteiger partial charge in [0.05, 0.1) is 0 Å². The van der Waals surface area contributed by atoms with E-state index in [0.717, 1.165) is 49.8 Å². The Hall–Kier alpha value is -2.63. The lowest BCUT2D eigenvalue weighted by molar-refractivity contribution is 0.607. The first-order valence-corrected chi connectivity index (χ1v) is 10.1. The fourth-order valence-corrected chi connectivity index (χ4v) is 3.89. The van der Waals surface area contributed by atoms with Gasteiger partial charge in [-0.25, -0.2) is 9.37 Å². The van der Waals surface area contributed by atoms with Crippen LogP contribution in [0.15, 0.2) is 47.6 Å². The van der Waals surface area contributed by atoms with Gasteiger partial charge >= 0.3 is 0 Å². The third-order valence-electron chi connectivity index (χ3n) is 5.81. The summed E-state index contributed by atoms with van der Waals surface area (Å²) in [7, 11) is 1.78. The van der Waals surface area contributed by atoms with Crippen molar-refractivity contribution in [1.82, 2.24) is 15.6 Å². The predicted molar refractivity (Wildman–Crippen MR) is 111 cm³/mol. The zero-order chi connectivity index (χ0) is 19.4. The van der Waals surface area contributed by atoms with E-state index >= 15 is 0 Å². The Labute approximate surface area is 166 Å². The van der Waals surface area contributed by atoms with Crippen LogP contribution in [0.1, 0.15) is 36.8 Å². The Morgan fingerprint density at radius 3 is 2.71 bits per heavy atom. The first-order valence-electron chi connectivity index (χ1n) is 10.1. The van der Waals surface area contributed by atoms with Crippen LogP contribution in [0.4, 0.5) is 10.2 Å². The van der Waals surface area contributed by atoms with E-state index in [9.17, 15) is 4.39 Å². The average Bonchev–Trinajstić information content (AvgIpc) is 3.31. The lowest BCUT2D eigenvalue weighted by Gasteiger charge is -2.20. The molecule has 4 rings (SSSR count). The molecule has 1 aliphatic heterocycles. The molecule has 148 valence electrons. The van der Waals surface area contributed by atoms with Gasteiger partial charge in [0.15, 0.2) is 5.96 Å². The van der Waals surface area contributed by atoms with Gasteiger partial charge in [-0.2, -0.15) is 0 Å². The van der Waals surface area contributed by atoms with Gasteiger partial charge in [0.25, 0.3) is 0 Å². The largest absolute Gasteiger partial charge is 0.357 e. The summed E-state index contributed by atoms with van der Waals surface area (Å²) in [5, 5.41) is 6.81. The molecule has 28 heavy (non-hydrogen) atoms. The number of aliphatic imine (C=N–C) groups is 1. The highest BCUT2D eigenvalue weighted by molar-refractivity contribution is 5.79. The second kappa shape index (κ2) is 8.17. The maximum Gasteiger partial charge on any atom is 0.191 e. The van der Waals surface area contributed by atoms with Gasteiger partial charge in [0.2, 0.25) is 0 Å². The molecule has 5 nitrogen and oxygen atoms in total. The van der Waals surface area contributed by atoms with E-state index in [-0.39, 0.29) is 11.2 Å². The summed E-state index contributed by atoms with van der Waals surface area (Å²) in [4.78, 5) is 11.2. The maximum absolute atomic E-state index is 13.6. The van der Waals surface area contributed by atoms with Crippen LogP contribution in [0.2, 0.25) is 0 Å². The molecule has 0 spiro atoms. The molecular weight excluding hydrogens is 353 g/mol. The number of pyridine rings is 1. The van der Waals surface area contributed by atoms with Crippen LogP contribution in [0, 0.1) is 5.82 Å². The van der Waals surface area contributed by atoms with E-state index < -0.39 is 0 Å². The fraction of sp³-hybridized carbons (Fsp3) is 0.455. The SMILES string of the molecule is CN=C(NCc1ccnc(N2CCCC2)c1)NCC1(c2cccc(F)c2)CC1. The van der Waals surface area contributed by atoms with E-state index in [2.05, 4.69) is 31.6 Å². The van der Waals surface area contributed by atoms with E-state index in [0.29, 0.717) is 6.54 Å². The van der Waals surface area contributed by atoms with E-state index in [1.165, 1.54) is 24.5 Å². The van der Waals surface area contributed by atoms with Crippen LogP contribution in [0.5, 0.6) is 0 Å². The molecule has 2 aromatic rings. The van der Waals surface area contributed by atoms with Crippen LogP contribution in [0.3, 0.4) is 0 Å². The number of nitrogens with one attached hydrogen (secondary N) is 2. The normalized spacial score (nSPS) is 18.2. The minimum Gasteiger partial charge on any atom is -0.357 e. The number of nitrogens with zero attached hydrogens (tertiary/aromatic N) is 3. The van der Waals surface area contributed by atoms with Crippen LogP contribution < -0.4 is 15.5 Å². The summed E-state index contributed by atoms with van der Waals surface area (Å²) in [6, 6.07) is 11.2. The number of hydrogen-bond donors (Lipinski definition) is 2. The highest BCUT2D eigenvalue weighted by Crippen LogP contribution is 2.47. The van der Waals surface area contributed by atoms with Crippen LogP contribution in [-0.4, -0.2) is 37.6 Å². The molecule has 0 atom stereocenters. The summed E-state index contributed by atoms with van der Waals surface area (Å²) in [6.07, 6.45) is 6.51. The van der Waals surface area contributed by atoms with Crippen LogP contribution >= 0.6 is 0 Å². The number of hydrogen-bond acceptors (Lipinski definition) is 3. The van der Waals surface area contributed by atoms with Gasteiger partial charge in [-0.15, -0.1) is 0 Å². The molecule has 0 unspecified atom stereocenters. The molecule has 1 saturated heterocycles. The minimum atomic E-state index is -0.169. The van der Waals surface area contributed by atoms with E-state index in [4.69, 9.17) is 0 Å². The van der Waals surface area contributed by atoms with Crippen molar-refractivity contribution in [2.75, 3.05) is 31.6 Å². The summed E-state index contributed by atoms with van der Waals surface area (Å²) < 4.78 is 13.6. The smallest absolute Gasteiger partial charge is 0.191 e. The average molecular weight is 381 g/mol. The highest BCUT2D eigenvalue weighted by Gasteiger charge is 2.44. The van der Waals surface area contributed by atoms with E-state index in [1.807, 2.05) is 18.3 Å². The molecule has 1 saturated carbocycles. The van der Waals surface area contributed by atoms with Crippen molar-refractivity contribution in [3.05, 3.63) is 59.5 Å². The van der Waals surface area contributed by atoms with Gasteiger partial charge in [-0.1, -0.05) is 12.1 Å². The maximum atomic E-state index is 13.6. The van der Waals surface area contributed by atoms with Crippen molar-refractivity contribution in [3.8, 4) is 0 Å². The Morgan fingerprint density at radius 1 is 1.18 bits per heavy atom. The minimum absolute atomic E-state index is 0.0271. The second-order valence-electron chi connectivity index (χ2n) is 7.79. The van der Waals surface area contributed by atoms with Gasteiger partial charge in [0.1, 0.15) is 11.6 Å². The first kappa shape index (κ1) is 18.7. The summed E-state index contributed by atoms with van der Waals surface area (Å²) in [5.41, 5.74) is 2.28. The molecule has 1 aromatic heterocycles. The topological polar surface area (TPSA) is 52.6 Å². The van der Waals surface area contributed by atoms with Crippen molar-refractivity contribution < 1.29 is 4.39 Å². The molecule has 2 N–H and O–H groups in total. The van der Waals surface area contributed by atoms with E-state index in [1.54, 1.807) is 19.2 Å². The van der Waals surface area contributed by atoms with Crippen molar-refractivity contribution >= 4 is 11.8 Å². The third-order valence-corrected chi connectivity index (χ3v) is 5.81. The number of benzene rings is 1. The summed E-state index contributed by atoms with van der Waals surface area (Å²) in [5.74, 6) is 1.66. The Balaban J connectivity index is 1.33. The lowest BCUT2D eigenvalue weighted by atomic mass is 9.96. The molecule has 6 heteroatoms. The van der Waals surface area contributed by atoms with Gasteiger partial charge in [-0.3, -0.25) is 4.99 Å². The third kappa shape index (κ3) is 4.26. The van der Waals surface area contributed by atoms with Crippen molar-refractivity contribution in [2.45, 2.75) is 37.6 Å². The number of guanidine groups is 1. The predicted octanol–water partition coefficient (Wildman–Crippen LogP) is 3.22. The fourth-order valence-electron chi connectivity index (χ4n) is 3.89. The molecule has 0 radical (unpaired) electrons. The van der Waals surface area contributed by atoms with Gasteiger partial charge in [0, 0.05) is 44.8 Å². The molecule has 2 aliphatic rings. The second-order valence-corrected chi connectivity index (χ2v) is 7.79. The van der Waals surface area contributed by atoms with Gasteiger partial charge < -0.3 is 15.5 Å². The molecule has 2 heterocycles. The standard InChI is InChI=1S/C22H28FN5/c1-24-21(27-16-22(8-9-22)18-5-4-6-19(23)14-18)26-15-17-7-10-25-20(13-17)28-11-2-3-12-28/h4-7,10,13-14H,2-3,8-9,11-12,15-16H2,1H3,(H2,24,26,27). The number of halogens is 1. The van der Waals surface area contributed by atoms with Gasteiger partial charge in [-0.05, 0) is 61.1 Å². The van der Waals surface area contributed by atoms with Crippen LogP contribution in [-0.2, 0) is 12.0 Å². The number of rotatable bonds is 6. The molecule has 1 aromatic carbocycles. The monoisotopic (exact) mass is 381 g/mol. The van der Waals surface area contributed by atoms with Crippen molar-refractivity contribution in [1.29, 1.82) is 0 Å². The molecule has 1 aliphatic carbocycles. The molecule has 2 fully saturated rings. The Bertz CT molecular complexity index is 840. The quantitative estimate of drug-likeness (QED) is 0.596. The number of anilines is 1. The zero-order valence-corrected chi connectivity index (χ0v) is 16.4. The highest BCUT2D eigenvalue weighted by atomic mass is 19.1. The Morgan fingerprint density at radius 2 is 2.00 bits per heavy atom. The molecular formula is C22H28FN5. The zero-order valence-electron chi connectivity index (χ0n) is 16.4. The molecule has 0 bridgehead atoms. The van der Waals surface area contributed by atoms with Crippen molar-refractivity contribution in [3.63, 3.8) is 0 Å². The lowest BCUT2D eigenvalue weighted by Crippen LogP contribution is -2.41. The number of aromatic nitrogens is 1. The van der Waals surface area contributed by atoms with Crippen molar-refractivity contribution in [2.24, 2.45) is 4.99 Å².